The Kier molecular flexibility index (Phi) is 21.9. The van der Waals surface area contributed by atoms with Crippen molar-refractivity contribution in [2.75, 3.05) is 9.62 Å². The maximum Gasteiger partial charge on any atom is 1.00 e. The summed E-state index contributed by atoms with van der Waals surface area (Å²) >= 11 is 0. The fourth-order valence-electron chi connectivity index (χ4n) is 12.6. The summed E-state index contributed by atoms with van der Waals surface area (Å²) in [5.41, 5.74) is 20.1. The van der Waals surface area contributed by atoms with Crippen LogP contribution >= 0.6 is 0 Å². The Morgan fingerprint density at radius 3 is 0.911 bits per heavy atom. The van der Waals surface area contributed by atoms with Crippen LogP contribution in [0.2, 0.25) is 36.3 Å². The number of para-hydroxylation sites is 2. The summed E-state index contributed by atoms with van der Waals surface area (Å²) in [6.07, 6.45) is 4.56. The van der Waals surface area contributed by atoms with E-state index in [1.807, 2.05) is 0 Å². The molecule has 0 aromatic heterocycles. The topological polar surface area (TPSA) is 34.7 Å². The van der Waals surface area contributed by atoms with E-state index in [0.29, 0.717) is 40.3 Å². The molecule has 0 N–H and O–H groups in total. The van der Waals surface area contributed by atoms with Crippen molar-refractivity contribution in [3.63, 3.8) is 0 Å². The Hall–Kier alpha value is -5.24. The molecule has 0 spiro atoms. The maximum atomic E-state index is 6.21. The third kappa shape index (κ3) is 14.3. The molecule has 0 unspecified atom stereocenters. The zero-order chi connectivity index (χ0) is 56.6. The summed E-state index contributed by atoms with van der Waals surface area (Å²) in [5.74, 6) is 1.91. The van der Waals surface area contributed by atoms with Crippen LogP contribution in [-0.4, -0.2) is 23.6 Å². The van der Waals surface area contributed by atoms with Gasteiger partial charge in [-0.15, -0.1) is 5.69 Å². The van der Waals surface area contributed by atoms with Crippen LogP contribution in [0, 0.1) is 6.92 Å². The summed E-state index contributed by atoms with van der Waals surface area (Å²) in [5, 5.41) is 0. The summed E-state index contributed by atoms with van der Waals surface area (Å²) in [7, 11) is -4.04. The summed E-state index contributed by atoms with van der Waals surface area (Å²) in [6.45, 7) is 42.2. The first-order valence-electron chi connectivity index (χ1n) is 29.4. The van der Waals surface area contributed by atoms with Gasteiger partial charge < -0.3 is 19.5 Å². The van der Waals surface area contributed by atoms with Gasteiger partial charge in [-0.05, 0) is 83.3 Å². The van der Waals surface area contributed by atoms with E-state index >= 15 is 0 Å². The van der Waals surface area contributed by atoms with Crippen LogP contribution in [0.4, 0.5) is 17.1 Å². The SMILES string of the molecule is CC(C)c1cccc(C(C)C)c1N1C=CN(c2c(C(C)C)cccc2C(C)C)B1[N-][Si](C)(C)C.Cc1cc(C(c2ccccc2)c2ccccc2)c([N-][Si](C(C)C)(C(C)C)C(C)C)c(C(c2ccccc2)c2ccccc2)c1.[H+].[H+].[Zn]. The first-order valence-corrected chi connectivity index (χ1v) is 35.0. The zero-order valence-corrected chi connectivity index (χ0v) is 56.6. The van der Waals surface area contributed by atoms with Crippen molar-refractivity contribution < 1.29 is 22.3 Å². The van der Waals surface area contributed by atoms with Gasteiger partial charge in [0.1, 0.15) is 0 Å². The van der Waals surface area contributed by atoms with Crippen LogP contribution in [0.3, 0.4) is 0 Å². The number of hydrogen-bond acceptors (Lipinski definition) is 2. The van der Waals surface area contributed by atoms with Crippen molar-refractivity contribution >= 4 is 40.7 Å². The molecule has 412 valence electrons. The molecule has 8 heteroatoms. The van der Waals surface area contributed by atoms with E-state index in [9.17, 15) is 0 Å². The second kappa shape index (κ2) is 27.5. The van der Waals surface area contributed by atoms with E-state index in [0.717, 1.165) is 0 Å². The normalized spacial score (nSPS) is 13.0. The van der Waals surface area contributed by atoms with Gasteiger partial charge in [0.05, 0.1) is 0 Å². The van der Waals surface area contributed by atoms with Gasteiger partial charge in [-0.1, -0.05) is 328 Å². The van der Waals surface area contributed by atoms with Crippen LogP contribution < -0.4 is 9.62 Å². The molecule has 0 bridgehead atoms. The van der Waals surface area contributed by atoms with Crippen molar-refractivity contribution in [3.05, 3.63) is 253 Å². The molecular weight excluding hydrogens is 1040 g/mol. The average Bonchev–Trinajstić information content (AvgIpc) is 3.80. The minimum absolute atomic E-state index is 0. The summed E-state index contributed by atoms with van der Waals surface area (Å²) < 4.78 is 0. The zero-order valence-electron chi connectivity index (χ0n) is 53.6. The van der Waals surface area contributed by atoms with Crippen LogP contribution in [0.25, 0.3) is 9.88 Å². The minimum atomic E-state index is -2.22. The third-order valence-corrected chi connectivity index (χ3v) is 23.3. The molecule has 1 heterocycles. The molecule has 8 rings (SSSR count). The van der Waals surface area contributed by atoms with Crippen LogP contribution in [0.5, 0.6) is 0 Å². The van der Waals surface area contributed by atoms with E-state index in [4.69, 9.17) is 9.88 Å². The standard InChI is InChI=1S/C42H48NSi.C29H45BN3Si.Zn/c1-30(2)44(31(3)4,32(5)6)43-42-38(40(34-20-12-8-13-21-34)35-22-14-9-15-23-35)28-33(7)29-39(42)41(36-24-16-10-17-25-36)37-26-18-11-19-27-37;1-20(2)24-14-12-15-25(21(3)4)28(24)32-18-19-33(30(32)31-34(9,10)11)29-26(22(5)6)16-13-17-27(29)23(7)8;/h8-32,40-41H,1-7H3;12-23H,1-11H3;/q2*-1;/p+2. The molecule has 7 aromatic carbocycles. The van der Waals surface area contributed by atoms with E-state index < -0.39 is 16.5 Å². The minimum Gasteiger partial charge on any atom is -0.686 e. The molecule has 4 nitrogen and oxygen atoms in total. The van der Waals surface area contributed by atoms with Gasteiger partial charge >= 0.3 is 2.85 Å². The number of benzene rings is 7. The molecule has 0 atom stereocenters. The van der Waals surface area contributed by atoms with Crippen LogP contribution in [-0.2, 0) is 19.5 Å². The fraction of sp³-hybridized carbons (Fsp3) is 0.380. The molecular formula is C71H95BN4Si2Zn. The first kappa shape index (κ1) is 63.0. The Labute approximate surface area is 498 Å². The van der Waals surface area contributed by atoms with Crippen LogP contribution in [0.1, 0.15) is 196 Å². The number of anilines is 2. The van der Waals surface area contributed by atoms with Crippen molar-refractivity contribution in [2.45, 2.75) is 176 Å². The maximum absolute atomic E-state index is 6.21. The summed E-state index contributed by atoms with van der Waals surface area (Å²) in [4.78, 5) is 16.7. The smallest absolute Gasteiger partial charge is 0.686 e. The van der Waals surface area contributed by atoms with Crippen LogP contribution in [0.15, 0.2) is 182 Å². The molecule has 0 fully saturated rings. The molecule has 0 saturated carbocycles. The van der Waals surface area contributed by atoms with Gasteiger partial charge in [-0.2, -0.15) is 0 Å². The number of aryl methyl sites for hydroxylation is 1. The quantitative estimate of drug-likeness (QED) is 0.0597. The molecule has 0 radical (unpaired) electrons. The fourth-order valence-corrected chi connectivity index (χ4v) is 18.9. The number of rotatable bonds is 19. The Balaban J connectivity index is 0.000000347. The van der Waals surface area contributed by atoms with Gasteiger partial charge in [-0.3, -0.25) is 0 Å². The predicted octanol–water partition coefficient (Wildman–Crippen LogP) is 21.9. The number of hydrogen-bond donors (Lipinski definition) is 0. The Morgan fingerprint density at radius 2 is 0.671 bits per heavy atom. The monoisotopic (exact) mass is 1130 g/mol. The van der Waals surface area contributed by atoms with Crippen molar-refractivity contribution in [1.82, 2.24) is 0 Å². The van der Waals surface area contributed by atoms with Gasteiger partial charge in [0.15, 0.2) is 0 Å². The van der Waals surface area contributed by atoms with E-state index in [1.54, 1.807) is 0 Å². The van der Waals surface area contributed by atoms with Gasteiger partial charge in [0.2, 0.25) is 0 Å². The Bertz CT molecular complexity index is 2720. The van der Waals surface area contributed by atoms with Crippen molar-refractivity contribution in [2.24, 2.45) is 0 Å². The van der Waals surface area contributed by atoms with Gasteiger partial charge in [0, 0.05) is 55.1 Å². The number of nitrogens with zero attached hydrogens (tertiary/aromatic N) is 4. The summed E-state index contributed by atoms with van der Waals surface area (Å²) in [6, 6.07) is 62.6. The molecule has 79 heavy (non-hydrogen) atoms. The Morgan fingerprint density at radius 1 is 0.392 bits per heavy atom. The molecule has 0 saturated heterocycles. The molecule has 0 aliphatic carbocycles. The third-order valence-electron chi connectivity index (χ3n) is 16.1. The molecule has 7 aromatic rings. The van der Waals surface area contributed by atoms with E-state index in [-0.39, 0.29) is 41.3 Å². The van der Waals surface area contributed by atoms with Gasteiger partial charge in [-0.25, -0.2) is 0 Å². The van der Waals surface area contributed by atoms with Crippen molar-refractivity contribution in [1.29, 1.82) is 0 Å². The first-order chi connectivity index (χ1) is 37.1. The predicted molar refractivity (Wildman–Crippen MR) is 351 cm³/mol. The second-order valence-electron chi connectivity index (χ2n) is 25.2. The molecule has 1 aliphatic rings. The average molecular weight is 1140 g/mol. The molecule has 0 amide bonds. The van der Waals surface area contributed by atoms with E-state index in [2.05, 4.69) is 315 Å². The second-order valence-corrected chi connectivity index (χ2v) is 35.3. The molecule has 1 aliphatic heterocycles. The van der Waals surface area contributed by atoms with Crippen molar-refractivity contribution in [3.8, 4) is 0 Å². The van der Waals surface area contributed by atoms with E-state index in [1.165, 1.54) is 78.3 Å². The largest absolute Gasteiger partial charge is 1.00 e. The van der Waals surface area contributed by atoms with Gasteiger partial charge in [0.25, 0.3) is 7.12 Å².